The third-order valence-electron chi connectivity index (χ3n) is 6.64. The number of hydrogen-bond donors (Lipinski definition) is 1. The summed E-state index contributed by atoms with van der Waals surface area (Å²) < 4.78 is 66.9. The molecule has 3 saturated carbocycles. The summed E-state index contributed by atoms with van der Waals surface area (Å²) in [4.78, 5) is 0. The number of alkyl halides is 2. The van der Waals surface area contributed by atoms with Crippen LogP contribution in [0.2, 0.25) is 0 Å². The summed E-state index contributed by atoms with van der Waals surface area (Å²) in [5.74, 6) is -5.62. The van der Waals surface area contributed by atoms with Crippen LogP contribution in [-0.4, -0.2) is 36.8 Å². The first-order chi connectivity index (χ1) is 15.6. The van der Waals surface area contributed by atoms with Crippen molar-refractivity contribution >= 4 is 0 Å². The summed E-state index contributed by atoms with van der Waals surface area (Å²) in [7, 11) is 0. The minimum atomic E-state index is -3.82. The van der Waals surface area contributed by atoms with Crippen LogP contribution < -0.4 is 4.74 Å². The maximum Gasteiger partial charge on any atom is 0.288 e. The summed E-state index contributed by atoms with van der Waals surface area (Å²) in [6.07, 6.45) is 0.842. The van der Waals surface area contributed by atoms with E-state index in [0.717, 1.165) is 23.1 Å². The highest BCUT2D eigenvalue weighted by atomic mass is 19.3. The lowest BCUT2D eigenvalue weighted by Crippen LogP contribution is -2.79. The number of aliphatic hydroxyl groups is 1. The van der Waals surface area contributed by atoms with E-state index in [9.17, 15) is 13.9 Å². The second kappa shape index (κ2) is 6.99. The fourth-order valence-electron chi connectivity index (χ4n) is 5.09. The van der Waals surface area contributed by atoms with Gasteiger partial charge >= 0.3 is 0 Å². The first-order valence-electron chi connectivity index (χ1n) is 10.1. The van der Waals surface area contributed by atoms with Gasteiger partial charge in [-0.1, -0.05) is 0 Å². The fourth-order valence-corrected chi connectivity index (χ4v) is 5.09. The molecule has 3 fully saturated rings. The van der Waals surface area contributed by atoms with E-state index in [0.29, 0.717) is 17.4 Å². The Hall–Kier alpha value is -3.52. The van der Waals surface area contributed by atoms with Crippen molar-refractivity contribution in [3.63, 3.8) is 0 Å². The molecule has 0 aliphatic heterocycles. The monoisotopic (exact) mass is 459 g/mol. The van der Waals surface area contributed by atoms with Crippen LogP contribution in [0.3, 0.4) is 0 Å². The van der Waals surface area contributed by atoms with E-state index < -0.39 is 46.3 Å². The van der Waals surface area contributed by atoms with E-state index in [1.165, 1.54) is 0 Å². The van der Waals surface area contributed by atoms with Gasteiger partial charge in [-0.05, 0) is 66.1 Å². The Morgan fingerprint density at radius 3 is 2.39 bits per heavy atom. The SMILES string of the molecule is N#Cc1ccc(OC23CC(C(F)(F)[C@@](O)(Cn4cnnn4)c4ccc(F)cc4F)(C2)C3)cc1. The van der Waals surface area contributed by atoms with Crippen LogP contribution in [0.5, 0.6) is 5.75 Å². The van der Waals surface area contributed by atoms with Crippen LogP contribution >= 0.6 is 0 Å². The van der Waals surface area contributed by atoms with E-state index in [4.69, 9.17) is 10.00 Å². The molecule has 1 heterocycles. The van der Waals surface area contributed by atoms with Crippen molar-refractivity contribution in [2.45, 2.75) is 42.9 Å². The molecule has 6 rings (SSSR count). The van der Waals surface area contributed by atoms with Crippen molar-refractivity contribution in [2.75, 3.05) is 0 Å². The summed E-state index contributed by atoms with van der Waals surface area (Å²) in [6, 6.07) is 10.4. The Morgan fingerprint density at radius 2 is 1.82 bits per heavy atom. The molecule has 170 valence electrons. The van der Waals surface area contributed by atoms with Gasteiger partial charge in [0.2, 0.25) is 0 Å². The number of halogens is 4. The van der Waals surface area contributed by atoms with Crippen LogP contribution in [0.15, 0.2) is 48.8 Å². The van der Waals surface area contributed by atoms with Crippen LogP contribution in [0, 0.1) is 28.4 Å². The molecule has 1 aromatic heterocycles. The van der Waals surface area contributed by atoms with E-state index in [2.05, 4.69) is 15.5 Å². The molecule has 7 nitrogen and oxygen atoms in total. The largest absolute Gasteiger partial charge is 0.487 e. The molecular formula is C22H17F4N5O2. The van der Waals surface area contributed by atoms with Crippen LogP contribution in [-0.2, 0) is 12.1 Å². The Morgan fingerprint density at radius 1 is 1.12 bits per heavy atom. The quantitative estimate of drug-likeness (QED) is 0.545. The number of benzene rings is 2. The summed E-state index contributed by atoms with van der Waals surface area (Å²) in [6.45, 7) is -0.833. The van der Waals surface area contributed by atoms with Gasteiger partial charge in [0.25, 0.3) is 5.92 Å². The van der Waals surface area contributed by atoms with Gasteiger partial charge in [-0.15, -0.1) is 5.10 Å². The van der Waals surface area contributed by atoms with Crippen LogP contribution in [0.1, 0.15) is 30.4 Å². The first-order valence-corrected chi connectivity index (χ1v) is 10.1. The van der Waals surface area contributed by atoms with Crippen molar-refractivity contribution in [3.05, 3.63) is 71.6 Å². The summed E-state index contributed by atoms with van der Waals surface area (Å²) in [5.41, 5.74) is -5.80. The molecule has 0 spiro atoms. The molecule has 3 aliphatic rings. The highest BCUT2D eigenvalue weighted by Crippen LogP contribution is 2.76. The smallest absolute Gasteiger partial charge is 0.288 e. The highest BCUT2D eigenvalue weighted by molar-refractivity contribution is 5.38. The molecule has 0 amide bonds. The predicted molar refractivity (Wildman–Crippen MR) is 104 cm³/mol. The molecule has 3 aliphatic carbocycles. The average molecular weight is 459 g/mol. The zero-order valence-corrected chi connectivity index (χ0v) is 17.1. The van der Waals surface area contributed by atoms with E-state index in [1.54, 1.807) is 24.3 Å². The number of rotatable bonds is 7. The van der Waals surface area contributed by atoms with E-state index >= 15 is 8.78 Å². The lowest BCUT2D eigenvalue weighted by molar-refractivity contribution is -0.378. The molecule has 0 saturated heterocycles. The number of nitriles is 1. The number of tetrazole rings is 1. The Balaban J connectivity index is 1.43. The van der Waals surface area contributed by atoms with Gasteiger partial charge in [-0.3, -0.25) is 0 Å². The number of aromatic nitrogens is 4. The Labute approximate surface area is 185 Å². The molecule has 2 bridgehead atoms. The first kappa shape index (κ1) is 21.3. The van der Waals surface area contributed by atoms with E-state index in [-0.39, 0.29) is 19.3 Å². The maximum absolute atomic E-state index is 16.0. The summed E-state index contributed by atoms with van der Waals surface area (Å²) >= 11 is 0. The zero-order valence-electron chi connectivity index (χ0n) is 17.1. The van der Waals surface area contributed by atoms with Crippen molar-refractivity contribution in [1.82, 2.24) is 20.2 Å². The molecule has 0 radical (unpaired) electrons. The van der Waals surface area contributed by atoms with Crippen LogP contribution in [0.4, 0.5) is 17.6 Å². The average Bonchev–Trinajstić information content (AvgIpc) is 3.22. The second-order valence-electron chi connectivity index (χ2n) is 8.80. The predicted octanol–water partition coefficient (Wildman–Crippen LogP) is 3.35. The molecular weight excluding hydrogens is 442 g/mol. The van der Waals surface area contributed by atoms with Gasteiger partial charge in [-0.25, -0.2) is 22.2 Å². The van der Waals surface area contributed by atoms with Crippen molar-refractivity contribution in [2.24, 2.45) is 5.41 Å². The molecule has 33 heavy (non-hydrogen) atoms. The summed E-state index contributed by atoms with van der Waals surface area (Å²) in [5, 5.41) is 30.5. The Bertz CT molecular complexity index is 1220. The van der Waals surface area contributed by atoms with Crippen molar-refractivity contribution in [1.29, 1.82) is 5.26 Å². The lowest BCUT2D eigenvalue weighted by Gasteiger charge is -2.72. The normalized spacial score (nSPS) is 25.3. The molecule has 0 unspecified atom stereocenters. The van der Waals surface area contributed by atoms with Gasteiger partial charge in [0.1, 0.15) is 29.3 Å². The molecule has 11 heteroatoms. The topological polar surface area (TPSA) is 96.8 Å². The molecule has 1 N–H and O–H groups in total. The number of nitrogens with zero attached hydrogens (tertiary/aromatic N) is 5. The Kier molecular flexibility index (Phi) is 4.52. The zero-order chi connectivity index (χ0) is 23.5. The molecule has 2 aromatic carbocycles. The minimum Gasteiger partial charge on any atom is -0.487 e. The van der Waals surface area contributed by atoms with Crippen LogP contribution in [0.25, 0.3) is 0 Å². The van der Waals surface area contributed by atoms with E-state index in [1.807, 2.05) is 6.07 Å². The third-order valence-corrected chi connectivity index (χ3v) is 6.64. The fraction of sp³-hybridized carbons (Fsp3) is 0.364. The van der Waals surface area contributed by atoms with Gasteiger partial charge in [0, 0.05) is 17.0 Å². The molecule has 1 atom stereocenters. The van der Waals surface area contributed by atoms with Gasteiger partial charge in [0.15, 0.2) is 5.60 Å². The minimum absolute atomic E-state index is 0.0618. The lowest BCUT2D eigenvalue weighted by atomic mass is 9.37. The van der Waals surface area contributed by atoms with Crippen molar-refractivity contribution < 1.29 is 27.4 Å². The standard InChI is InChI=1S/C22H17F4N5O2/c23-15-3-6-17(18(24)7-15)21(32,12-31-13-28-29-30-31)22(25,26)19-9-20(10-19,11-19)33-16-4-1-14(8-27)2-5-16/h1-7,13,32H,9-12H2/t19?,20?,21-/m1/s1. The van der Waals surface area contributed by atoms with Gasteiger partial charge < -0.3 is 9.84 Å². The second-order valence-corrected chi connectivity index (χ2v) is 8.80. The number of hydrogen-bond acceptors (Lipinski definition) is 6. The molecule has 3 aromatic rings. The van der Waals surface area contributed by atoms with Crippen molar-refractivity contribution in [3.8, 4) is 11.8 Å². The third kappa shape index (κ3) is 3.08. The maximum atomic E-state index is 16.0. The highest BCUT2D eigenvalue weighted by Gasteiger charge is 2.83. The van der Waals surface area contributed by atoms with Gasteiger partial charge in [-0.2, -0.15) is 5.26 Å². The van der Waals surface area contributed by atoms with Gasteiger partial charge in [0.05, 0.1) is 18.2 Å². The number of ether oxygens (including phenoxy) is 1.